The molecule has 1 amide bonds. The summed E-state index contributed by atoms with van der Waals surface area (Å²) in [7, 11) is 0. The van der Waals surface area contributed by atoms with Gasteiger partial charge in [0.1, 0.15) is 5.82 Å². The predicted octanol–water partition coefficient (Wildman–Crippen LogP) is 7.86. The molecule has 0 saturated heterocycles. The number of imidazole rings is 1. The molecule has 0 aliphatic heterocycles. The Morgan fingerprint density at radius 2 is 1.62 bits per heavy atom. The lowest BCUT2D eigenvalue weighted by Gasteiger charge is -2.14. The van der Waals surface area contributed by atoms with Crippen LogP contribution in [0.1, 0.15) is 29.5 Å². The zero-order valence-corrected chi connectivity index (χ0v) is 21.1. The van der Waals surface area contributed by atoms with Crippen molar-refractivity contribution in [2.75, 3.05) is 5.43 Å². The number of nitrogens with zero attached hydrogens (tertiary/aromatic N) is 2. The van der Waals surface area contributed by atoms with Gasteiger partial charge in [-0.25, -0.2) is 4.98 Å². The van der Waals surface area contributed by atoms with Crippen molar-refractivity contribution in [3.8, 4) is 17.1 Å². The van der Waals surface area contributed by atoms with Crippen LogP contribution in [0.3, 0.4) is 0 Å². The summed E-state index contributed by atoms with van der Waals surface area (Å²) in [4.78, 5) is 18.0. The molecule has 0 bridgehead atoms. The van der Waals surface area contributed by atoms with E-state index in [9.17, 15) is 4.79 Å². The molecule has 5 nitrogen and oxygen atoms in total. The number of rotatable bonds is 7. The monoisotopic (exact) mass is 532 g/mol. The van der Waals surface area contributed by atoms with Crippen LogP contribution in [0, 0.1) is 0 Å². The topological polar surface area (TPSA) is 59.0 Å². The Bertz CT molecular complexity index is 1340. The predicted molar refractivity (Wildman–Crippen MR) is 141 cm³/mol. The van der Waals surface area contributed by atoms with E-state index in [1.165, 1.54) is 0 Å². The van der Waals surface area contributed by atoms with Gasteiger partial charge in [-0.15, -0.1) is 0 Å². The van der Waals surface area contributed by atoms with Gasteiger partial charge in [-0.3, -0.25) is 20.2 Å². The molecule has 2 N–H and O–H groups in total. The second-order valence-corrected chi connectivity index (χ2v) is 9.16. The molecule has 0 radical (unpaired) electrons. The molecule has 0 spiro atoms. The molecule has 174 valence electrons. The molecular weight excluding hydrogens is 514 g/mol. The number of carbonyl (C=O) groups is 1. The fraction of sp³-hybridized carbons (Fsp3) is 0.120. The first-order valence-corrected chi connectivity index (χ1v) is 12.0. The number of aromatic nitrogens is 2. The summed E-state index contributed by atoms with van der Waals surface area (Å²) in [6.07, 6.45) is 1.42. The van der Waals surface area contributed by atoms with E-state index in [1.54, 1.807) is 36.4 Å². The summed E-state index contributed by atoms with van der Waals surface area (Å²) in [6.45, 7) is 2.04. The lowest BCUT2D eigenvalue weighted by atomic mass is 10.1. The van der Waals surface area contributed by atoms with Crippen molar-refractivity contribution in [1.29, 1.82) is 0 Å². The van der Waals surface area contributed by atoms with Gasteiger partial charge in [-0.2, -0.15) is 0 Å². The minimum absolute atomic E-state index is 0.282. The van der Waals surface area contributed by atoms with Gasteiger partial charge in [0.15, 0.2) is 5.69 Å². The van der Waals surface area contributed by atoms with Crippen LogP contribution in [0.5, 0.6) is 0 Å². The van der Waals surface area contributed by atoms with Crippen LogP contribution in [0.2, 0.25) is 20.1 Å². The first kappa shape index (κ1) is 24.4. The fourth-order valence-electron chi connectivity index (χ4n) is 3.57. The van der Waals surface area contributed by atoms with Crippen LogP contribution >= 0.6 is 46.4 Å². The average Bonchev–Trinajstić information content (AvgIpc) is 3.18. The van der Waals surface area contributed by atoms with Crippen LogP contribution < -0.4 is 10.9 Å². The maximum Gasteiger partial charge on any atom is 0.290 e. The molecule has 9 heteroatoms. The Balaban J connectivity index is 1.80. The van der Waals surface area contributed by atoms with Crippen LogP contribution in [-0.2, 0) is 6.42 Å². The van der Waals surface area contributed by atoms with Crippen molar-refractivity contribution in [3.63, 3.8) is 0 Å². The van der Waals surface area contributed by atoms with E-state index in [0.29, 0.717) is 43.6 Å². The highest BCUT2D eigenvalue weighted by atomic mass is 35.5. The fourth-order valence-corrected chi connectivity index (χ4v) is 4.37. The number of amides is 1. The Labute approximate surface area is 217 Å². The normalized spacial score (nSPS) is 10.9. The minimum atomic E-state index is -0.407. The van der Waals surface area contributed by atoms with Crippen LogP contribution in [0.15, 0.2) is 66.7 Å². The van der Waals surface area contributed by atoms with E-state index in [0.717, 1.165) is 17.8 Å². The molecule has 4 aromatic rings. The first-order valence-electron chi connectivity index (χ1n) is 10.5. The summed E-state index contributed by atoms with van der Waals surface area (Å²) in [5.74, 6) is 0.154. The molecule has 0 saturated carbocycles. The van der Waals surface area contributed by atoms with Gasteiger partial charge in [0.05, 0.1) is 21.4 Å². The molecule has 0 unspecified atom stereocenters. The molecule has 0 aliphatic rings. The van der Waals surface area contributed by atoms with Crippen molar-refractivity contribution in [3.05, 3.63) is 98.2 Å². The van der Waals surface area contributed by atoms with E-state index in [4.69, 9.17) is 51.4 Å². The van der Waals surface area contributed by atoms with Gasteiger partial charge in [0, 0.05) is 21.3 Å². The lowest BCUT2D eigenvalue weighted by Crippen LogP contribution is -2.30. The number of anilines is 1. The van der Waals surface area contributed by atoms with E-state index >= 15 is 0 Å². The molecule has 0 atom stereocenters. The highest BCUT2D eigenvalue weighted by Gasteiger charge is 2.25. The van der Waals surface area contributed by atoms with Crippen LogP contribution in [0.4, 0.5) is 5.69 Å². The highest BCUT2D eigenvalue weighted by molar-refractivity contribution is 6.36. The van der Waals surface area contributed by atoms with E-state index < -0.39 is 5.91 Å². The van der Waals surface area contributed by atoms with Crippen molar-refractivity contribution in [2.45, 2.75) is 19.8 Å². The minimum Gasteiger partial charge on any atom is -0.297 e. The quantitative estimate of drug-likeness (QED) is 0.238. The second kappa shape index (κ2) is 10.7. The molecule has 1 heterocycles. The molecule has 4 rings (SSSR count). The summed E-state index contributed by atoms with van der Waals surface area (Å²) in [5.41, 5.74) is 8.63. The first-order chi connectivity index (χ1) is 16.4. The molecule has 34 heavy (non-hydrogen) atoms. The summed E-state index contributed by atoms with van der Waals surface area (Å²) in [5, 5.41) is 2.02. The zero-order valence-electron chi connectivity index (χ0n) is 18.1. The second-order valence-electron chi connectivity index (χ2n) is 7.48. The molecule has 1 aromatic heterocycles. The number of halogens is 4. The number of benzene rings is 3. The molecule has 0 aliphatic carbocycles. The third-order valence-electron chi connectivity index (χ3n) is 5.12. The third kappa shape index (κ3) is 5.18. The summed E-state index contributed by atoms with van der Waals surface area (Å²) < 4.78 is 1.95. The zero-order chi connectivity index (χ0) is 24.2. The van der Waals surface area contributed by atoms with Gasteiger partial charge in [0.2, 0.25) is 0 Å². The van der Waals surface area contributed by atoms with Crippen molar-refractivity contribution < 1.29 is 4.79 Å². The SMILES string of the molecule is CCCc1c(C(=O)NNc2ccc(Cl)cc2Cl)nc(-c2ccccc2Cl)n1-c1ccc(Cl)cc1. The maximum atomic E-state index is 13.3. The van der Waals surface area contributed by atoms with Gasteiger partial charge in [-0.1, -0.05) is 71.9 Å². The Morgan fingerprint density at radius 3 is 2.29 bits per heavy atom. The van der Waals surface area contributed by atoms with E-state index in [1.807, 2.05) is 41.8 Å². The Hall–Kier alpha value is -2.70. The Kier molecular flexibility index (Phi) is 7.69. The lowest BCUT2D eigenvalue weighted by molar-refractivity contribution is 0.0957. The van der Waals surface area contributed by atoms with E-state index in [-0.39, 0.29) is 5.69 Å². The number of hydrogen-bond acceptors (Lipinski definition) is 3. The Morgan fingerprint density at radius 1 is 0.912 bits per heavy atom. The van der Waals surface area contributed by atoms with Crippen molar-refractivity contribution in [2.24, 2.45) is 0 Å². The van der Waals surface area contributed by atoms with Gasteiger partial charge in [0.25, 0.3) is 5.91 Å². The number of nitrogens with one attached hydrogen (secondary N) is 2. The van der Waals surface area contributed by atoms with Gasteiger partial charge in [-0.05, 0) is 61.0 Å². The van der Waals surface area contributed by atoms with Crippen molar-refractivity contribution >= 4 is 58.0 Å². The smallest absolute Gasteiger partial charge is 0.290 e. The highest BCUT2D eigenvalue weighted by Crippen LogP contribution is 2.33. The molecule has 3 aromatic carbocycles. The summed E-state index contributed by atoms with van der Waals surface area (Å²) >= 11 is 24.8. The molecular formula is C25H20Cl4N4O. The molecule has 0 fully saturated rings. The summed E-state index contributed by atoms with van der Waals surface area (Å²) in [6, 6.07) is 19.7. The van der Waals surface area contributed by atoms with E-state index in [2.05, 4.69) is 10.9 Å². The number of hydrazine groups is 1. The number of carbonyl (C=O) groups excluding carboxylic acids is 1. The number of hydrogen-bond donors (Lipinski definition) is 2. The largest absolute Gasteiger partial charge is 0.297 e. The maximum absolute atomic E-state index is 13.3. The van der Waals surface area contributed by atoms with Crippen molar-refractivity contribution in [1.82, 2.24) is 15.0 Å². The van der Waals surface area contributed by atoms with Gasteiger partial charge >= 0.3 is 0 Å². The van der Waals surface area contributed by atoms with Crippen LogP contribution in [0.25, 0.3) is 17.1 Å². The average molecular weight is 534 g/mol. The van der Waals surface area contributed by atoms with Crippen LogP contribution in [-0.4, -0.2) is 15.5 Å². The standard InChI is InChI=1S/C25H20Cl4N4O/c1-2-5-22-23(25(34)32-31-21-13-10-16(27)14-20(21)29)30-24(18-6-3-4-7-19(18)28)33(22)17-11-8-15(26)9-12-17/h3-4,6-14,31H,2,5H2,1H3,(H,32,34). The third-order valence-corrected chi connectivity index (χ3v) is 6.25. The van der Waals surface area contributed by atoms with Gasteiger partial charge < -0.3 is 0 Å².